The zero-order valence-electron chi connectivity index (χ0n) is 13.9. The number of methoxy groups -OCH3 is 1. The van der Waals surface area contributed by atoms with Crippen molar-refractivity contribution in [2.45, 2.75) is 26.3 Å². The van der Waals surface area contributed by atoms with Crippen LogP contribution in [0.25, 0.3) is 5.69 Å². The molecule has 2 rings (SSSR count). The lowest BCUT2D eigenvalue weighted by molar-refractivity contribution is -0.140. The van der Waals surface area contributed by atoms with Crippen LogP contribution in [0, 0.1) is 5.82 Å². The normalized spacial score (nSPS) is 10.7. The Balaban J connectivity index is 2.17. The molecule has 0 unspecified atom stereocenters. The number of benzene rings is 1. The van der Waals surface area contributed by atoms with Gasteiger partial charge in [-0.05, 0) is 38.1 Å². The third-order valence-electron chi connectivity index (χ3n) is 3.55. The molecule has 128 valence electrons. The first kappa shape index (κ1) is 17.7. The van der Waals surface area contributed by atoms with Crippen molar-refractivity contribution in [3.63, 3.8) is 0 Å². The summed E-state index contributed by atoms with van der Waals surface area (Å²) in [5.74, 6) is -1.04. The summed E-state index contributed by atoms with van der Waals surface area (Å²) in [7, 11) is 1.31. The maximum atomic E-state index is 13.3. The standard InChI is InChI=1S/C17H20FN3O3/c1-12(2)20(9-8-16(22)24-3)17(23)15-7-10-21(19-15)14-6-4-5-13(18)11-14/h4-7,10-12H,8-9H2,1-3H3. The lowest BCUT2D eigenvalue weighted by atomic mass is 10.2. The Labute approximate surface area is 139 Å². The van der Waals surface area contributed by atoms with E-state index < -0.39 is 0 Å². The molecule has 24 heavy (non-hydrogen) atoms. The number of carbonyl (C=O) groups excluding carboxylic acids is 2. The number of carbonyl (C=O) groups is 2. The molecule has 1 amide bonds. The Morgan fingerprint density at radius 3 is 2.71 bits per heavy atom. The van der Waals surface area contributed by atoms with Crippen LogP contribution < -0.4 is 0 Å². The van der Waals surface area contributed by atoms with E-state index in [4.69, 9.17) is 0 Å². The second kappa shape index (κ2) is 7.72. The van der Waals surface area contributed by atoms with E-state index in [2.05, 4.69) is 9.84 Å². The second-order valence-electron chi connectivity index (χ2n) is 5.54. The van der Waals surface area contributed by atoms with E-state index in [0.717, 1.165) is 0 Å². The van der Waals surface area contributed by atoms with Gasteiger partial charge in [-0.3, -0.25) is 9.59 Å². The Hall–Kier alpha value is -2.70. The van der Waals surface area contributed by atoms with Crippen molar-refractivity contribution in [1.82, 2.24) is 14.7 Å². The number of halogens is 1. The van der Waals surface area contributed by atoms with Crippen molar-refractivity contribution in [1.29, 1.82) is 0 Å². The smallest absolute Gasteiger partial charge is 0.307 e. The van der Waals surface area contributed by atoms with Gasteiger partial charge in [0.15, 0.2) is 5.69 Å². The molecule has 2 aromatic rings. The first-order chi connectivity index (χ1) is 11.4. The van der Waals surface area contributed by atoms with Gasteiger partial charge in [0, 0.05) is 18.8 Å². The summed E-state index contributed by atoms with van der Waals surface area (Å²) in [5.41, 5.74) is 0.762. The molecule has 0 bridgehead atoms. The van der Waals surface area contributed by atoms with Gasteiger partial charge in [-0.1, -0.05) is 6.07 Å². The first-order valence-electron chi connectivity index (χ1n) is 7.61. The average Bonchev–Trinajstić information content (AvgIpc) is 3.04. The third-order valence-corrected chi connectivity index (χ3v) is 3.55. The number of ether oxygens (including phenoxy) is 1. The maximum absolute atomic E-state index is 13.3. The van der Waals surface area contributed by atoms with Crippen molar-refractivity contribution in [2.75, 3.05) is 13.7 Å². The van der Waals surface area contributed by atoms with E-state index in [1.807, 2.05) is 13.8 Å². The highest BCUT2D eigenvalue weighted by atomic mass is 19.1. The maximum Gasteiger partial charge on any atom is 0.307 e. The number of aromatic nitrogens is 2. The third kappa shape index (κ3) is 4.18. The Bertz CT molecular complexity index is 727. The predicted octanol–water partition coefficient (Wildman–Crippen LogP) is 2.43. The van der Waals surface area contributed by atoms with Gasteiger partial charge in [0.2, 0.25) is 0 Å². The Morgan fingerprint density at radius 2 is 2.08 bits per heavy atom. The van der Waals surface area contributed by atoms with Crippen LogP contribution in [0.2, 0.25) is 0 Å². The fourth-order valence-electron chi connectivity index (χ4n) is 2.26. The van der Waals surface area contributed by atoms with Crippen LogP contribution in [0.4, 0.5) is 4.39 Å². The summed E-state index contributed by atoms with van der Waals surface area (Å²) in [6.45, 7) is 3.97. The van der Waals surface area contributed by atoms with Crippen LogP contribution in [0.1, 0.15) is 30.8 Å². The van der Waals surface area contributed by atoms with E-state index in [0.29, 0.717) is 5.69 Å². The Morgan fingerprint density at radius 1 is 1.33 bits per heavy atom. The molecule has 0 saturated heterocycles. The summed E-state index contributed by atoms with van der Waals surface area (Å²) in [4.78, 5) is 25.5. The zero-order chi connectivity index (χ0) is 17.7. The molecule has 6 nitrogen and oxygen atoms in total. The van der Waals surface area contributed by atoms with Crippen molar-refractivity contribution < 1.29 is 18.7 Å². The van der Waals surface area contributed by atoms with Gasteiger partial charge >= 0.3 is 5.97 Å². The van der Waals surface area contributed by atoms with Gasteiger partial charge in [0.1, 0.15) is 5.82 Å². The zero-order valence-corrected chi connectivity index (χ0v) is 13.9. The molecule has 0 atom stereocenters. The number of hydrogen-bond donors (Lipinski definition) is 0. The number of esters is 1. The summed E-state index contributed by atoms with van der Waals surface area (Å²) in [6, 6.07) is 7.42. The molecular weight excluding hydrogens is 313 g/mol. The molecule has 1 heterocycles. The van der Waals surface area contributed by atoms with Crippen LogP contribution in [-0.4, -0.2) is 46.3 Å². The van der Waals surface area contributed by atoms with Gasteiger partial charge in [-0.15, -0.1) is 0 Å². The van der Waals surface area contributed by atoms with Crippen molar-refractivity contribution in [2.24, 2.45) is 0 Å². The van der Waals surface area contributed by atoms with Crippen molar-refractivity contribution >= 4 is 11.9 Å². The minimum absolute atomic E-state index is 0.0959. The molecule has 0 N–H and O–H groups in total. The minimum atomic E-state index is -0.377. The molecule has 1 aromatic carbocycles. The average molecular weight is 333 g/mol. The van der Waals surface area contributed by atoms with E-state index in [1.54, 1.807) is 29.3 Å². The summed E-state index contributed by atoms with van der Waals surface area (Å²) >= 11 is 0. The molecule has 0 aliphatic heterocycles. The summed E-state index contributed by atoms with van der Waals surface area (Å²) in [5, 5.41) is 4.21. The molecule has 0 saturated carbocycles. The molecule has 7 heteroatoms. The lowest BCUT2D eigenvalue weighted by Crippen LogP contribution is -2.38. The molecular formula is C17H20FN3O3. The first-order valence-corrected chi connectivity index (χ1v) is 7.61. The number of rotatable bonds is 6. The fraction of sp³-hybridized carbons (Fsp3) is 0.353. The minimum Gasteiger partial charge on any atom is -0.469 e. The number of amides is 1. The largest absolute Gasteiger partial charge is 0.469 e. The van der Waals surface area contributed by atoms with Gasteiger partial charge in [-0.25, -0.2) is 9.07 Å². The highest BCUT2D eigenvalue weighted by molar-refractivity contribution is 5.92. The molecule has 0 aliphatic rings. The van der Waals surface area contributed by atoms with Crippen LogP contribution in [0.15, 0.2) is 36.5 Å². The monoisotopic (exact) mass is 333 g/mol. The van der Waals surface area contributed by atoms with Crippen LogP contribution in [0.3, 0.4) is 0 Å². The summed E-state index contributed by atoms with van der Waals surface area (Å²) in [6.07, 6.45) is 1.71. The SMILES string of the molecule is COC(=O)CCN(C(=O)c1ccn(-c2cccc(F)c2)n1)C(C)C. The predicted molar refractivity (Wildman–Crippen MR) is 86.3 cm³/mol. The van der Waals surface area contributed by atoms with Crippen LogP contribution >= 0.6 is 0 Å². The quantitative estimate of drug-likeness (QED) is 0.762. The van der Waals surface area contributed by atoms with Crippen molar-refractivity contribution in [3.05, 3.63) is 48.0 Å². The molecule has 0 spiro atoms. The van der Waals surface area contributed by atoms with E-state index >= 15 is 0 Å². The lowest BCUT2D eigenvalue weighted by Gasteiger charge is -2.25. The molecule has 1 aromatic heterocycles. The second-order valence-corrected chi connectivity index (χ2v) is 5.54. The van der Waals surface area contributed by atoms with Gasteiger partial charge in [0.25, 0.3) is 5.91 Å². The molecule has 0 radical (unpaired) electrons. The van der Waals surface area contributed by atoms with E-state index in [-0.39, 0.29) is 42.4 Å². The van der Waals surface area contributed by atoms with Crippen LogP contribution in [-0.2, 0) is 9.53 Å². The van der Waals surface area contributed by atoms with Gasteiger partial charge < -0.3 is 9.64 Å². The number of nitrogens with zero attached hydrogens (tertiary/aromatic N) is 3. The highest BCUT2D eigenvalue weighted by Crippen LogP contribution is 2.12. The van der Waals surface area contributed by atoms with Crippen molar-refractivity contribution in [3.8, 4) is 5.69 Å². The number of hydrogen-bond acceptors (Lipinski definition) is 4. The highest BCUT2D eigenvalue weighted by Gasteiger charge is 2.22. The topological polar surface area (TPSA) is 64.4 Å². The molecule has 0 fully saturated rings. The molecule has 0 aliphatic carbocycles. The van der Waals surface area contributed by atoms with Gasteiger partial charge in [-0.2, -0.15) is 5.10 Å². The van der Waals surface area contributed by atoms with E-state index in [1.165, 1.54) is 23.9 Å². The fourth-order valence-corrected chi connectivity index (χ4v) is 2.26. The van der Waals surface area contributed by atoms with E-state index in [9.17, 15) is 14.0 Å². The summed E-state index contributed by atoms with van der Waals surface area (Å²) < 4.78 is 19.3. The Kier molecular flexibility index (Phi) is 5.68. The van der Waals surface area contributed by atoms with Gasteiger partial charge in [0.05, 0.1) is 19.2 Å². The van der Waals surface area contributed by atoms with Crippen LogP contribution in [0.5, 0.6) is 0 Å².